The number of aromatic amines is 1. The zero-order chi connectivity index (χ0) is 8.55. The lowest BCUT2D eigenvalue weighted by molar-refractivity contribution is 0.112. The molecule has 12 heavy (non-hydrogen) atoms. The third kappa shape index (κ3) is 1.04. The number of nitrogens with zero attached hydrogens (tertiary/aromatic N) is 1. The van der Waals surface area contributed by atoms with Crippen molar-refractivity contribution < 1.29 is 4.79 Å². The van der Waals surface area contributed by atoms with Gasteiger partial charge in [0.05, 0.1) is 5.69 Å². The lowest BCUT2D eigenvalue weighted by Crippen LogP contribution is -1.77. The predicted molar refractivity (Wildman–Crippen MR) is 49.2 cm³/mol. The molecule has 0 radical (unpaired) electrons. The maximum Gasteiger partial charge on any atom is 0.166 e. The fraction of sp³-hybridized carbons (Fsp3) is 0. The van der Waals surface area contributed by atoms with Crippen LogP contribution >= 0.6 is 15.9 Å². The molecule has 0 atom stereocenters. The molecule has 2 aromatic rings. The Labute approximate surface area is 76.9 Å². The number of H-pyrrole nitrogens is 1. The van der Waals surface area contributed by atoms with Crippen molar-refractivity contribution in [2.45, 2.75) is 0 Å². The van der Waals surface area contributed by atoms with Crippen molar-refractivity contribution in [2.24, 2.45) is 0 Å². The van der Waals surface area contributed by atoms with Crippen LogP contribution in [0.25, 0.3) is 11.0 Å². The van der Waals surface area contributed by atoms with Crippen molar-refractivity contribution >= 4 is 33.2 Å². The minimum absolute atomic E-state index is 0.546. The van der Waals surface area contributed by atoms with Crippen molar-refractivity contribution in [1.29, 1.82) is 0 Å². The third-order valence-electron chi connectivity index (χ3n) is 1.63. The lowest BCUT2D eigenvalue weighted by Gasteiger charge is -1.89. The number of hydrogen-bond donors (Lipinski definition) is 1. The molecule has 1 N–H and O–H groups in total. The van der Waals surface area contributed by atoms with Gasteiger partial charge in [0.15, 0.2) is 6.29 Å². The molecule has 0 aliphatic heterocycles. The maximum absolute atomic E-state index is 10.4. The SMILES string of the molecule is O=Cc1cc2c(Br)ccnc2[nH]1. The molecule has 0 saturated carbocycles. The number of rotatable bonds is 1. The summed E-state index contributed by atoms with van der Waals surface area (Å²) >= 11 is 3.36. The lowest BCUT2D eigenvalue weighted by atomic mass is 10.3. The van der Waals surface area contributed by atoms with Crippen molar-refractivity contribution in [3.63, 3.8) is 0 Å². The highest BCUT2D eigenvalue weighted by molar-refractivity contribution is 9.10. The molecule has 0 amide bonds. The number of hydrogen-bond acceptors (Lipinski definition) is 2. The second-order valence-corrected chi connectivity index (χ2v) is 3.25. The summed E-state index contributed by atoms with van der Waals surface area (Å²) in [5.74, 6) is 0. The van der Waals surface area contributed by atoms with E-state index >= 15 is 0 Å². The zero-order valence-corrected chi connectivity index (χ0v) is 7.63. The summed E-state index contributed by atoms with van der Waals surface area (Å²) in [7, 11) is 0. The molecule has 0 bridgehead atoms. The van der Waals surface area contributed by atoms with Gasteiger partial charge in [-0.3, -0.25) is 4.79 Å². The first-order chi connectivity index (χ1) is 5.81. The predicted octanol–water partition coefficient (Wildman–Crippen LogP) is 2.14. The summed E-state index contributed by atoms with van der Waals surface area (Å²) in [6, 6.07) is 3.60. The summed E-state index contributed by atoms with van der Waals surface area (Å²) in [5, 5.41) is 0.930. The van der Waals surface area contributed by atoms with Crippen LogP contribution in [0.4, 0.5) is 0 Å². The van der Waals surface area contributed by atoms with Crippen LogP contribution in [0.5, 0.6) is 0 Å². The molecule has 0 fully saturated rings. The standard InChI is InChI=1S/C8H5BrN2O/c9-7-1-2-10-8-6(7)3-5(4-12)11-8/h1-4H,(H,10,11). The molecule has 0 unspecified atom stereocenters. The molecule has 0 aromatic carbocycles. The first-order valence-corrected chi connectivity index (χ1v) is 4.19. The van der Waals surface area contributed by atoms with Crippen LogP contribution < -0.4 is 0 Å². The van der Waals surface area contributed by atoms with Gasteiger partial charge in [-0.1, -0.05) is 0 Å². The maximum atomic E-state index is 10.4. The minimum atomic E-state index is 0.546. The number of carbonyl (C=O) groups excluding carboxylic acids is 1. The molecule has 2 rings (SSSR count). The van der Waals surface area contributed by atoms with Crippen molar-refractivity contribution in [3.8, 4) is 0 Å². The van der Waals surface area contributed by atoms with E-state index in [-0.39, 0.29) is 0 Å². The number of pyridine rings is 1. The Morgan fingerprint density at radius 3 is 3.08 bits per heavy atom. The highest BCUT2D eigenvalue weighted by Gasteiger charge is 2.02. The smallest absolute Gasteiger partial charge is 0.166 e. The van der Waals surface area contributed by atoms with Crippen LogP contribution in [-0.4, -0.2) is 16.3 Å². The van der Waals surface area contributed by atoms with Crippen molar-refractivity contribution in [1.82, 2.24) is 9.97 Å². The van der Waals surface area contributed by atoms with Crippen LogP contribution in [0.2, 0.25) is 0 Å². The molecule has 2 heterocycles. The largest absolute Gasteiger partial charge is 0.337 e. The Kier molecular flexibility index (Phi) is 1.69. The molecule has 2 aromatic heterocycles. The Morgan fingerprint density at radius 2 is 2.42 bits per heavy atom. The van der Waals surface area contributed by atoms with E-state index in [2.05, 4.69) is 25.9 Å². The zero-order valence-electron chi connectivity index (χ0n) is 6.04. The molecule has 4 heteroatoms. The van der Waals surface area contributed by atoms with E-state index in [1.807, 2.05) is 6.07 Å². The van der Waals surface area contributed by atoms with E-state index < -0.39 is 0 Å². The fourth-order valence-electron chi connectivity index (χ4n) is 1.08. The Hall–Kier alpha value is -1.16. The van der Waals surface area contributed by atoms with Gasteiger partial charge in [-0.25, -0.2) is 4.98 Å². The van der Waals surface area contributed by atoms with Gasteiger partial charge in [-0.15, -0.1) is 0 Å². The van der Waals surface area contributed by atoms with Gasteiger partial charge in [0.2, 0.25) is 0 Å². The molecule has 0 aliphatic rings. The fourth-order valence-corrected chi connectivity index (χ4v) is 1.50. The first kappa shape index (κ1) is 7.49. The number of halogens is 1. The van der Waals surface area contributed by atoms with Gasteiger partial charge in [0.1, 0.15) is 5.65 Å². The number of carbonyl (C=O) groups is 1. The molecular formula is C8H5BrN2O. The van der Waals surface area contributed by atoms with Gasteiger partial charge >= 0.3 is 0 Å². The number of fused-ring (bicyclic) bond motifs is 1. The molecule has 60 valence electrons. The normalized spacial score (nSPS) is 10.4. The van der Waals surface area contributed by atoms with Crippen LogP contribution in [-0.2, 0) is 0 Å². The van der Waals surface area contributed by atoms with Gasteiger partial charge in [-0.05, 0) is 28.1 Å². The monoisotopic (exact) mass is 224 g/mol. The number of nitrogens with one attached hydrogen (secondary N) is 1. The van der Waals surface area contributed by atoms with Crippen molar-refractivity contribution in [3.05, 3.63) is 28.5 Å². The highest BCUT2D eigenvalue weighted by Crippen LogP contribution is 2.21. The quantitative estimate of drug-likeness (QED) is 0.755. The van der Waals surface area contributed by atoms with Gasteiger partial charge < -0.3 is 4.98 Å². The van der Waals surface area contributed by atoms with E-state index in [1.54, 1.807) is 12.3 Å². The van der Waals surface area contributed by atoms with Crippen LogP contribution in [0.3, 0.4) is 0 Å². The van der Waals surface area contributed by atoms with Gasteiger partial charge in [0, 0.05) is 16.1 Å². The Balaban J connectivity index is 2.82. The van der Waals surface area contributed by atoms with E-state index in [4.69, 9.17) is 0 Å². The average Bonchev–Trinajstić information content (AvgIpc) is 2.49. The molecule has 0 saturated heterocycles. The summed E-state index contributed by atoms with van der Waals surface area (Å²) in [6.07, 6.45) is 2.45. The van der Waals surface area contributed by atoms with Crippen LogP contribution in [0.1, 0.15) is 10.5 Å². The Morgan fingerprint density at radius 1 is 1.58 bits per heavy atom. The molecule has 0 spiro atoms. The first-order valence-electron chi connectivity index (χ1n) is 3.39. The Bertz CT molecular complexity index is 436. The van der Waals surface area contributed by atoms with E-state index in [0.717, 1.165) is 21.8 Å². The number of aldehydes is 1. The summed E-state index contributed by atoms with van der Waals surface area (Å²) < 4.78 is 0.942. The van der Waals surface area contributed by atoms with Gasteiger partial charge in [-0.2, -0.15) is 0 Å². The van der Waals surface area contributed by atoms with E-state index in [9.17, 15) is 4.79 Å². The molecule has 0 aliphatic carbocycles. The molecular weight excluding hydrogens is 220 g/mol. The highest BCUT2D eigenvalue weighted by atomic mass is 79.9. The van der Waals surface area contributed by atoms with E-state index in [0.29, 0.717) is 5.69 Å². The van der Waals surface area contributed by atoms with E-state index in [1.165, 1.54) is 0 Å². The van der Waals surface area contributed by atoms with Gasteiger partial charge in [0.25, 0.3) is 0 Å². The summed E-state index contributed by atoms with van der Waals surface area (Å²) in [6.45, 7) is 0. The summed E-state index contributed by atoms with van der Waals surface area (Å²) in [5.41, 5.74) is 1.27. The van der Waals surface area contributed by atoms with Crippen molar-refractivity contribution in [2.75, 3.05) is 0 Å². The number of aromatic nitrogens is 2. The summed E-state index contributed by atoms with van der Waals surface area (Å²) in [4.78, 5) is 17.4. The minimum Gasteiger partial charge on any atom is -0.337 e. The second kappa shape index (κ2) is 2.71. The van der Waals surface area contributed by atoms with Crippen LogP contribution in [0.15, 0.2) is 22.8 Å². The average molecular weight is 225 g/mol. The third-order valence-corrected chi connectivity index (χ3v) is 2.32. The second-order valence-electron chi connectivity index (χ2n) is 2.40. The molecule has 3 nitrogen and oxygen atoms in total. The van der Waals surface area contributed by atoms with Crippen LogP contribution in [0, 0.1) is 0 Å². The topological polar surface area (TPSA) is 45.8 Å².